The number of ether oxygens (including phenoxy) is 5. The molecule has 0 spiro atoms. The number of phenols is 1. The molecule has 0 aliphatic carbocycles. The molecule has 2 aromatic rings. The average Bonchev–Trinajstić information content (AvgIpc) is 3.38. The lowest BCUT2D eigenvalue weighted by molar-refractivity contribution is -0.128. The molecule has 4 rings (SSSR count). The molecule has 2 saturated heterocycles. The van der Waals surface area contributed by atoms with Crippen molar-refractivity contribution in [1.29, 1.82) is 0 Å². The number of carbonyl (C=O) groups excluding carboxylic acids is 3. The molecule has 0 radical (unpaired) electrons. The predicted octanol–water partition coefficient (Wildman–Crippen LogP) is 2.03. The van der Waals surface area contributed by atoms with Crippen LogP contribution in [0.1, 0.15) is 20.7 Å². The maximum absolute atomic E-state index is 12.5. The lowest BCUT2D eigenvalue weighted by Crippen LogP contribution is -2.36. The molecular formula is C23H20O9. The van der Waals surface area contributed by atoms with Gasteiger partial charge in [0, 0.05) is 6.08 Å². The first-order valence-electron chi connectivity index (χ1n) is 9.83. The van der Waals surface area contributed by atoms with Gasteiger partial charge in [0.05, 0.1) is 24.3 Å². The minimum Gasteiger partial charge on any atom is -0.508 e. The number of carbonyl (C=O) groups is 3. The topological polar surface area (TPSA) is 118 Å². The maximum Gasteiger partial charge on any atom is 0.338 e. The number of hydrogen-bond acceptors (Lipinski definition) is 9. The quantitative estimate of drug-likeness (QED) is 0.409. The standard InChI is InChI=1S/C23H20O9/c1-2-19(25)30-16-9-5-14(6-10-16)23(27)32-18-12-29-20-17(11-28-21(18)20)31-22(26)13-3-7-15(24)8-4-13/h2-10,17-18,20-21,24H,1,11-12H2/t17-,18-,20-,21-/m1/s1. The Morgan fingerprint density at radius 2 is 1.31 bits per heavy atom. The third kappa shape index (κ3) is 4.63. The molecule has 2 aliphatic heterocycles. The fourth-order valence-electron chi connectivity index (χ4n) is 3.46. The van der Waals surface area contributed by atoms with Crippen LogP contribution < -0.4 is 4.74 Å². The summed E-state index contributed by atoms with van der Waals surface area (Å²) in [5.74, 6) is -1.45. The van der Waals surface area contributed by atoms with E-state index in [0.717, 1.165) is 6.08 Å². The molecule has 4 atom stereocenters. The third-order valence-corrected chi connectivity index (χ3v) is 5.06. The summed E-state index contributed by atoms with van der Waals surface area (Å²) in [5, 5.41) is 9.33. The Morgan fingerprint density at radius 3 is 1.78 bits per heavy atom. The molecular weight excluding hydrogens is 420 g/mol. The Hall–Kier alpha value is -3.69. The molecule has 9 nitrogen and oxygen atoms in total. The van der Waals surface area contributed by atoms with Crippen LogP contribution in [0.3, 0.4) is 0 Å². The summed E-state index contributed by atoms with van der Waals surface area (Å²) < 4.78 is 27.3. The van der Waals surface area contributed by atoms with Crippen LogP contribution in [0.5, 0.6) is 11.5 Å². The molecule has 166 valence electrons. The Labute approximate surface area is 183 Å². The highest BCUT2D eigenvalue weighted by atomic mass is 16.7. The van der Waals surface area contributed by atoms with Crippen LogP contribution in [0.25, 0.3) is 0 Å². The van der Waals surface area contributed by atoms with Crippen LogP contribution in [-0.2, 0) is 23.7 Å². The van der Waals surface area contributed by atoms with Gasteiger partial charge in [-0.25, -0.2) is 14.4 Å². The predicted molar refractivity (Wildman–Crippen MR) is 108 cm³/mol. The molecule has 9 heteroatoms. The average molecular weight is 440 g/mol. The van der Waals surface area contributed by atoms with Crippen LogP contribution in [-0.4, -0.2) is 60.6 Å². The molecule has 1 N–H and O–H groups in total. The number of fused-ring (bicyclic) bond motifs is 1. The van der Waals surface area contributed by atoms with Crippen LogP contribution >= 0.6 is 0 Å². The van der Waals surface area contributed by atoms with Crippen molar-refractivity contribution in [3.8, 4) is 11.5 Å². The number of aromatic hydroxyl groups is 1. The van der Waals surface area contributed by atoms with Gasteiger partial charge in [-0.1, -0.05) is 6.58 Å². The highest BCUT2D eigenvalue weighted by Crippen LogP contribution is 2.31. The molecule has 0 unspecified atom stereocenters. The highest BCUT2D eigenvalue weighted by Gasteiger charge is 2.51. The first-order chi connectivity index (χ1) is 15.4. The summed E-state index contributed by atoms with van der Waals surface area (Å²) >= 11 is 0. The van der Waals surface area contributed by atoms with Gasteiger partial charge in [-0.3, -0.25) is 0 Å². The zero-order chi connectivity index (χ0) is 22.7. The van der Waals surface area contributed by atoms with Gasteiger partial charge in [0.2, 0.25) is 0 Å². The van der Waals surface area contributed by atoms with Crippen LogP contribution in [0.15, 0.2) is 61.2 Å². The van der Waals surface area contributed by atoms with E-state index in [9.17, 15) is 19.5 Å². The lowest BCUT2D eigenvalue weighted by atomic mass is 10.1. The maximum atomic E-state index is 12.5. The fraction of sp³-hybridized carbons (Fsp3) is 0.261. The van der Waals surface area contributed by atoms with Crippen LogP contribution in [0, 0.1) is 0 Å². The van der Waals surface area contributed by atoms with Crippen molar-refractivity contribution in [3.63, 3.8) is 0 Å². The monoisotopic (exact) mass is 440 g/mol. The Morgan fingerprint density at radius 1 is 0.844 bits per heavy atom. The Balaban J connectivity index is 1.33. The Bertz CT molecular complexity index is 1010. The summed E-state index contributed by atoms with van der Waals surface area (Å²) in [5.41, 5.74) is 0.551. The van der Waals surface area contributed by atoms with E-state index in [4.69, 9.17) is 23.7 Å². The van der Waals surface area contributed by atoms with Gasteiger partial charge in [0.1, 0.15) is 23.7 Å². The van der Waals surface area contributed by atoms with Crippen molar-refractivity contribution in [2.24, 2.45) is 0 Å². The second kappa shape index (κ2) is 9.21. The second-order valence-electron chi connectivity index (χ2n) is 7.18. The van der Waals surface area contributed by atoms with Crippen LogP contribution in [0.2, 0.25) is 0 Å². The van der Waals surface area contributed by atoms with E-state index in [1.54, 1.807) is 0 Å². The summed E-state index contributed by atoms with van der Waals surface area (Å²) in [7, 11) is 0. The van der Waals surface area contributed by atoms with Crippen molar-refractivity contribution in [1.82, 2.24) is 0 Å². The first-order valence-corrected chi connectivity index (χ1v) is 9.83. The normalized spacial score (nSPS) is 23.8. The van der Waals surface area contributed by atoms with E-state index in [1.165, 1.54) is 48.5 Å². The molecule has 2 fully saturated rings. The van der Waals surface area contributed by atoms with E-state index in [-0.39, 0.29) is 35.8 Å². The van der Waals surface area contributed by atoms with E-state index < -0.39 is 42.3 Å². The minimum atomic E-state index is -0.664. The molecule has 2 heterocycles. The van der Waals surface area contributed by atoms with Gasteiger partial charge in [-0.05, 0) is 48.5 Å². The van der Waals surface area contributed by atoms with Crippen molar-refractivity contribution in [3.05, 3.63) is 72.3 Å². The van der Waals surface area contributed by atoms with E-state index in [2.05, 4.69) is 6.58 Å². The summed E-state index contributed by atoms with van der Waals surface area (Å²) in [6, 6.07) is 11.6. The van der Waals surface area contributed by atoms with Crippen molar-refractivity contribution < 1.29 is 43.2 Å². The molecule has 0 aromatic heterocycles. The van der Waals surface area contributed by atoms with Crippen molar-refractivity contribution >= 4 is 17.9 Å². The summed E-state index contributed by atoms with van der Waals surface area (Å²) in [4.78, 5) is 36.0. The van der Waals surface area contributed by atoms with E-state index >= 15 is 0 Å². The van der Waals surface area contributed by atoms with Gasteiger partial charge in [0.15, 0.2) is 12.2 Å². The first kappa shape index (κ1) is 21.5. The van der Waals surface area contributed by atoms with Gasteiger partial charge in [-0.2, -0.15) is 0 Å². The third-order valence-electron chi connectivity index (χ3n) is 5.06. The zero-order valence-corrected chi connectivity index (χ0v) is 16.8. The minimum absolute atomic E-state index is 0.0435. The SMILES string of the molecule is C=CC(=O)Oc1ccc(C(=O)O[C@@H]2CO[C@H]3[C@@H]2OC[C@H]3OC(=O)c2ccc(O)cc2)cc1. The van der Waals surface area contributed by atoms with Crippen LogP contribution in [0.4, 0.5) is 0 Å². The van der Waals surface area contributed by atoms with E-state index in [0.29, 0.717) is 0 Å². The fourth-order valence-corrected chi connectivity index (χ4v) is 3.46. The van der Waals surface area contributed by atoms with Gasteiger partial charge in [-0.15, -0.1) is 0 Å². The smallest absolute Gasteiger partial charge is 0.338 e. The Kier molecular flexibility index (Phi) is 6.20. The van der Waals surface area contributed by atoms with Crippen molar-refractivity contribution in [2.45, 2.75) is 24.4 Å². The number of esters is 3. The van der Waals surface area contributed by atoms with Gasteiger partial charge in [0.25, 0.3) is 0 Å². The second-order valence-corrected chi connectivity index (χ2v) is 7.18. The number of rotatable bonds is 6. The van der Waals surface area contributed by atoms with Crippen molar-refractivity contribution in [2.75, 3.05) is 13.2 Å². The molecule has 0 bridgehead atoms. The molecule has 0 amide bonds. The van der Waals surface area contributed by atoms with E-state index in [1.807, 2.05) is 0 Å². The molecule has 2 aliphatic rings. The molecule has 32 heavy (non-hydrogen) atoms. The van der Waals surface area contributed by atoms with Gasteiger partial charge >= 0.3 is 17.9 Å². The number of phenolic OH excluding ortho intramolecular Hbond substituents is 1. The van der Waals surface area contributed by atoms with Gasteiger partial charge < -0.3 is 28.8 Å². The number of hydrogen-bond donors (Lipinski definition) is 1. The largest absolute Gasteiger partial charge is 0.508 e. The summed E-state index contributed by atoms with van der Waals surface area (Å²) in [6.07, 6.45) is -1.40. The highest BCUT2D eigenvalue weighted by molar-refractivity contribution is 5.90. The number of benzene rings is 2. The summed E-state index contributed by atoms with van der Waals surface area (Å²) in [6.45, 7) is 3.53. The zero-order valence-electron chi connectivity index (χ0n) is 16.8. The lowest BCUT2D eigenvalue weighted by Gasteiger charge is -2.17. The molecule has 0 saturated carbocycles. The molecule has 2 aromatic carbocycles.